The molecule has 0 heterocycles. The summed E-state index contributed by atoms with van der Waals surface area (Å²) >= 11 is 6.17. The predicted molar refractivity (Wildman–Crippen MR) is 92.2 cm³/mol. The third kappa shape index (κ3) is 6.25. The molecular weight excluding hydrogens is 284 g/mol. The highest BCUT2D eigenvalue weighted by atomic mass is 35.5. The lowest BCUT2D eigenvalue weighted by Gasteiger charge is -2.32. The van der Waals surface area contributed by atoms with Crippen LogP contribution in [0.5, 0.6) is 0 Å². The Morgan fingerprint density at radius 1 is 1.29 bits per heavy atom. The fraction of sp³-hybridized carbons (Fsp3) is 0.647. The van der Waals surface area contributed by atoms with E-state index >= 15 is 0 Å². The van der Waals surface area contributed by atoms with E-state index in [1.807, 2.05) is 12.1 Å². The number of aliphatic hydroxyl groups excluding tert-OH is 1. The van der Waals surface area contributed by atoms with Gasteiger partial charge in [-0.15, -0.1) is 0 Å². The molecule has 0 amide bonds. The first-order chi connectivity index (χ1) is 9.74. The highest BCUT2D eigenvalue weighted by Gasteiger charge is 2.16. The van der Waals surface area contributed by atoms with E-state index in [1.165, 1.54) is 11.3 Å². The van der Waals surface area contributed by atoms with Crippen molar-refractivity contribution in [1.82, 2.24) is 5.32 Å². The Bertz CT molecular complexity index is 441. The van der Waals surface area contributed by atoms with Crippen molar-refractivity contribution in [3.63, 3.8) is 0 Å². The van der Waals surface area contributed by atoms with Gasteiger partial charge in [0.2, 0.25) is 0 Å². The van der Waals surface area contributed by atoms with Crippen LogP contribution in [0.4, 0.5) is 5.69 Å². The minimum atomic E-state index is 0.0628. The van der Waals surface area contributed by atoms with Crippen LogP contribution in [0.15, 0.2) is 18.2 Å². The van der Waals surface area contributed by atoms with Crippen LogP contribution in [0.25, 0.3) is 0 Å². The summed E-state index contributed by atoms with van der Waals surface area (Å²) in [6, 6.07) is 6.43. The maximum atomic E-state index is 9.11. The van der Waals surface area contributed by atoms with Crippen LogP contribution in [-0.4, -0.2) is 29.8 Å². The van der Waals surface area contributed by atoms with Gasteiger partial charge in [-0.1, -0.05) is 11.6 Å². The minimum Gasteiger partial charge on any atom is -0.396 e. The van der Waals surface area contributed by atoms with Crippen molar-refractivity contribution in [3.8, 4) is 0 Å². The van der Waals surface area contributed by atoms with Crippen molar-refractivity contribution in [2.24, 2.45) is 0 Å². The lowest BCUT2D eigenvalue weighted by atomic mass is 10.1. The number of aliphatic hydroxyl groups is 1. The molecule has 0 fully saturated rings. The molecule has 0 bridgehead atoms. The van der Waals surface area contributed by atoms with Gasteiger partial charge in [-0.05, 0) is 64.8 Å². The van der Waals surface area contributed by atoms with Crippen molar-refractivity contribution in [2.45, 2.75) is 59.2 Å². The second-order valence-electron chi connectivity index (χ2n) is 6.74. The standard InChI is InChI=1S/C17H29ClN2O/c1-13(2)20(9-6-10-21)16-8-7-15(18)11-14(16)12-19-17(3,4)5/h7-8,11,13,19,21H,6,9-10,12H2,1-5H3. The van der Waals surface area contributed by atoms with Gasteiger partial charge in [0.25, 0.3) is 0 Å². The molecule has 0 aliphatic rings. The molecule has 0 unspecified atom stereocenters. The zero-order valence-corrected chi connectivity index (χ0v) is 14.7. The predicted octanol–water partition coefficient (Wildman–Crippen LogP) is 3.83. The number of rotatable bonds is 7. The number of benzene rings is 1. The summed E-state index contributed by atoms with van der Waals surface area (Å²) in [6.07, 6.45) is 0.771. The number of nitrogens with zero attached hydrogens (tertiary/aromatic N) is 1. The van der Waals surface area contributed by atoms with Gasteiger partial charge in [-0.25, -0.2) is 0 Å². The monoisotopic (exact) mass is 312 g/mol. The van der Waals surface area contributed by atoms with E-state index in [1.54, 1.807) is 0 Å². The first-order valence-corrected chi connectivity index (χ1v) is 8.03. The Morgan fingerprint density at radius 3 is 2.48 bits per heavy atom. The van der Waals surface area contributed by atoms with Crippen LogP contribution >= 0.6 is 11.6 Å². The Morgan fingerprint density at radius 2 is 1.95 bits per heavy atom. The Kier molecular flexibility index (Phi) is 6.98. The number of nitrogens with one attached hydrogen (secondary N) is 1. The smallest absolute Gasteiger partial charge is 0.0447 e. The molecule has 4 heteroatoms. The van der Waals surface area contributed by atoms with E-state index in [2.05, 4.69) is 50.9 Å². The second kappa shape index (κ2) is 8.02. The van der Waals surface area contributed by atoms with Crippen LogP contribution < -0.4 is 10.2 Å². The van der Waals surface area contributed by atoms with Crippen LogP contribution in [0.2, 0.25) is 5.02 Å². The third-order valence-electron chi connectivity index (χ3n) is 3.34. The van der Waals surface area contributed by atoms with E-state index in [0.29, 0.717) is 6.04 Å². The molecule has 1 aromatic carbocycles. The highest BCUT2D eigenvalue weighted by molar-refractivity contribution is 6.30. The molecular formula is C17H29ClN2O. The average molecular weight is 313 g/mol. The quantitative estimate of drug-likeness (QED) is 0.803. The molecule has 0 radical (unpaired) electrons. The summed E-state index contributed by atoms with van der Waals surface area (Å²) in [7, 11) is 0. The van der Waals surface area contributed by atoms with Crippen molar-refractivity contribution in [2.75, 3.05) is 18.1 Å². The van der Waals surface area contributed by atoms with E-state index in [9.17, 15) is 0 Å². The molecule has 0 saturated heterocycles. The van der Waals surface area contributed by atoms with Gasteiger partial charge in [-0.2, -0.15) is 0 Å². The Balaban J connectivity index is 3.02. The summed E-state index contributed by atoms with van der Waals surface area (Å²) in [6.45, 7) is 12.7. The lowest BCUT2D eigenvalue weighted by molar-refractivity contribution is 0.288. The molecule has 0 aromatic heterocycles. The average Bonchev–Trinajstić information content (AvgIpc) is 2.37. The molecule has 1 aromatic rings. The molecule has 2 N–H and O–H groups in total. The zero-order chi connectivity index (χ0) is 16.0. The first kappa shape index (κ1) is 18.3. The van der Waals surface area contributed by atoms with Crippen molar-refractivity contribution in [1.29, 1.82) is 0 Å². The molecule has 0 aliphatic heterocycles. The summed E-state index contributed by atoms with van der Waals surface area (Å²) in [5, 5.41) is 13.4. The molecule has 1 rings (SSSR count). The van der Waals surface area contributed by atoms with E-state index in [0.717, 1.165) is 24.5 Å². The maximum absolute atomic E-state index is 9.11. The molecule has 0 atom stereocenters. The van der Waals surface area contributed by atoms with Crippen LogP contribution in [0, 0.1) is 0 Å². The van der Waals surface area contributed by atoms with Gasteiger partial charge < -0.3 is 15.3 Å². The lowest BCUT2D eigenvalue weighted by Crippen LogP contribution is -2.37. The normalized spacial score (nSPS) is 12.0. The van der Waals surface area contributed by atoms with Gasteiger partial charge in [0.05, 0.1) is 0 Å². The van der Waals surface area contributed by atoms with Crippen LogP contribution in [0.3, 0.4) is 0 Å². The van der Waals surface area contributed by atoms with Crippen molar-refractivity contribution in [3.05, 3.63) is 28.8 Å². The van der Waals surface area contributed by atoms with E-state index < -0.39 is 0 Å². The number of hydrogen-bond donors (Lipinski definition) is 2. The van der Waals surface area contributed by atoms with E-state index in [4.69, 9.17) is 16.7 Å². The summed E-state index contributed by atoms with van der Waals surface area (Å²) in [4.78, 5) is 2.33. The van der Waals surface area contributed by atoms with Crippen molar-refractivity contribution >= 4 is 17.3 Å². The topological polar surface area (TPSA) is 35.5 Å². The van der Waals surface area contributed by atoms with Gasteiger partial charge in [0.1, 0.15) is 0 Å². The molecule has 0 aliphatic carbocycles. The molecule has 0 saturated carbocycles. The first-order valence-electron chi connectivity index (χ1n) is 7.65. The third-order valence-corrected chi connectivity index (χ3v) is 3.58. The Labute approximate surface area is 134 Å². The number of halogens is 1. The van der Waals surface area contributed by atoms with Gasteiger partial charge in [0.15, 0.2) is 0 Å². The van der Waals surface area contributed by atoms with Crippen LogP contribution in [-0.2, 0) is 6.54 Å². The van der Waals surface area contributed by atoms with Gasteiger partial charge >= 0.3 is 0 Å². The SMILES string of the molecule is CC(C)N(CCCO)c1ccc(Cl)cc1CNC(C)(C)C. The maximum Gasteiger partial charge on any atom is 0.0447 e. The minimum absolute atomic E-state index is 0.0628. The second-order valence-corrected chi connectivity index (χ2v) is 7.18. The van der Waals surface area contributed by atoms with Gasteiger partial charge in [0, 0.05) is 42.0 Å². The fourth-order valence-electron chi connectivity index (χ4n) is 2.23. The molecule has 0 spiro atoms. The van der Waals surface area contributed by atoms with Crippen LogP contribution in [0.1, 0.15) is 46.6 Å². The highest BCUT2D eigenvalue weighted by Crippen LogP contribution is 2.26. The fourth-order valence-corrected chi connectivity index (χ4v) is 2.43. The summed E-state index contributed by atoms with van der Waals surface area (Å²) < 4.78 is 0. The summed E-state index contributed by atoms with van der Waals surface area (Å²) in [5.74, 6) is 0. The summed E-state index contributed by atoms with van der Waals surface area (Å²) in [5.41, 5.74) is 2.46. The van der Waals surface area contributed by atoms with Gasteiger partial charge in [-0.3, -0.25) is 0 Å². The molecule has 21 heavy (non-hydrogen) atoms. The largest absolute Gasteiger partial charge is 0.396 e. The molecule has 120 valence electrons. The van der Waals surface area contributed by atoms with E-state index in [-0.39, 0.29) is 12.1 Å². The number of anilines is 1. The zero-order valence-electron chi connectivity index (χ0n) is 13.9. The Hall–Kier alpha value is -0.770. The van der Waals surface area contributed by atoms with Crippen molar-refractivity contribution < 1.29 is 5.11 Å². The molecule has 3 nitrogen and oxygen atoms in total. The number of hydrogen-bond acceptors (Lipinski definition) is 3.